The van der Waals surface area contributed by atoms with Crippen molar-refractivity contribution in [1.82, 2.24) is 10.3 Å². The maximum Gasteiger partial charge on any atom is 0.139 e. The van der Waals surface area contributed by atoms with Gasteiger partial charge < -0.3 is 10.1 Å². The Labute approximate surface area is 135 Å². The van der Waals surface area contributed by atoms with Crippen molar-refractivity contribution in [3.8, 4) is 5.75 Å². The summed E-state index contributed by atoms with van der Waals surface area (Å²) in [4.78, 5) is 4.55. The first-order valence-electron chi connectivity index (χ1n) is 6.92. The van der Waals surface area contributed by atoms with Crippen LogP contribution in [0, 0.1) is 0 Å². The van der Waals surface area contributed by atoms with Crippen LogP contribution in [0.25, 0.3) is 0 Å². The molecule has 1 heterocycles. The van der Waals surface area contributed by atoms with Crippen LogP contribution in [0.15, 0.2) is 36.4 Å². The van der Waals surface area contributed by atoms with Crippen LogP contribution < -0.4 is 10.1 Å². The van der Waals surface area contributed by atoms with E-state index in [2.05, 4.69) is 17.2 Å². The van der Waals surface area contributed by atoms with Crippen LogP contribution in [0.2, 0.25) is 10.0 Å². The van der Waals surface area contributed by atoms with Gasteiger partial charge in [0.15, 0.2) is 0 Å². The third kappa shape index (κ3) is 5.20. The molecule has 112 valence electrons. The maximum atomic E-state index is 6.06. The lowest BCUT2D eigenvalue weighted by Gasteiger charge is -2.09. The molecule has 0 atom stereocenters. The number of rotatable bonds is 7. The first-order chi connectivity index (χ1) is 10.2. The van der Waals surface area contributed by atoms with Crippen LogP contribution in [-0.4, -0.2) is 11.5 Å². The number of nitrogens with zero attached hydrogens (tertiary/aromatic N) is 1. The minimum atomic E-state index is 0.363. The van der Waals surface area contributed by atoms with Gasteiger partial charge in [-0.05, 0) is 37.2 Å². The Balaban J connectivity index is 1.96. The van der Waals surface area contributed by atoms with E-state index in [9.17, 15) is 0 Å². The molecule has 3 nitrogen and oxygen atoms in total. The molecular formula is C16H18Cl2N2O. The highest BCUT2D eigenvalue weighted by atomic mass is 35.5. The number of ether oxygens (including phenoxy) is 1. The maximum absolute atomic E-state index is 6.06. The Bertz CT molecular complexity index is 590. The van der Waals surface area contributed by atoms with Crippen molar-refractivity contribution in [3.63, 3.8) is 0 Å². The standard InChI is InChI=1S/C16H18Cl2N2O/c1-2-8-19-10-13-4-3-5-14(20-13)11-21-16-9-12(17)6-7-15(16)18/h3-7,9,19H,2,8,10-11H2,1H3. The number of pyridine rings is 1. The number of halogens is 2. The molecule has 0 radical (unpaired) electrons. The van der Waals surface area contributed by atoms with Gasteiger partial charge in [-0.25, -0.2) is 0 Å². The topological polar surface area (TPSA) is 34.1 Å². The van der Waals surface area contributed by atoms with Crippen LogP contribution in [-0.2, 0) is 13.2 Å². The summed E-state index contributed by atoms with van der Waals surface area (Å²) in [6.45, 7) is 4.25. The molecule has 1 aromatic carbocycles. The number of benzene rings is 1. The minimum absolute atomic E-state index is 0.363. The summed E-state index contributed by atoms with van der Waals surface area (Å²) in [5.41, 5.74) is 1.86. The summed E-state index contributed by atoms with van der Waals surface area (Å²) < 4.78 is 5.69. The molecule has 0 bridgehead atoms. The average Bonchev–Trinajstić information content (AvgIpc) is 2.49. The van der Waals surface area contributed by atoms with Crippen LogP contribution in [0.1, 0.15) is 24.7 Å². The molecule has 2 aromatic rings. The molecule has 0 unspecified atom stereocenters. The van der Waals surface area contributed by atoms with E-state index in [1.807, 2.05) is 18.2 Å². The zero-order chi connectivity index (χ0) is 15.1. The molecule has 0 saturated heterocycles. The lowest BCUT2D eigenvalue weighted by atomic mass is 10.3. The monoisotopic (exact) mass is 324 g/mol. The van der Waals surface area contributed by atoms with Gasteiger partial charge in [-0.2, -0.15) is 0 Å². The second-order valence-electron chi connectivity index (χ2n) is 4.66. The highest BCUT2D eigenvalue weighted by Gasteiger charge is 2.04. The SMILES string of the molecule is CCCNCc1cccc(COc2cc(Cl)ccc2Cl)n1. The summed E-state index contributed by atoms with van der Waals surface area (Å²) >= 11 is 12.0. The van der Waals surface area contributed by atoms with E-state index in [0.29, 0.717) is 22.4 Å². The van der Waals surface area contributed by atoms with Crippen LogP contribution in [0.3, 0.4) is 0 Å². The van der Waals surface area contributed by atoms with Gasteiger partial charge >= 0.3 is 0 Å². The Hall–Kier alpha value is -1.29. The fraction of sp³-hybridized carbons (Fsp3) is 0.312. The van der Waals surface area contributed by atoms with E-state index >= 15 is 0 Å². The summed E-state index contributed by atoms with van der Waals surface area (Å²) in [6.07, 6.45) is 1.11. The number of hydrogen-bond acceptors (Lipinski definition) is 3. The summed E-state index contributed by atoms with van der Waals surface area (Å²) in [6, 6.07) is 11.1. The molecule has 2 rings (SSSR count). The molecule has 5 heteroatoms. The lowest BCUT2D eigenvalue weighted by Crippen LogP contribution is -2.15. The van der Waals surface area contributed by atoms with E-state index in [-0.39, 0.29) is 0 Å². The van der Waals surface area contributed by atoms with Crippen molar-refractivity contribution in [2.24, 2.45) is 0 Å². The fourth-order valence-electron chi connectivity index (χ4n) is 1.84. The van der Waals surface area contributed by atoms with Gasteiger partial charge in [0.2, 0.25) is 0 Å². The van der Waals surface area contributed by atoms with E-state index in [1.54, 1.807) is 18.2 Å². The third-order valence-corrected chi connectivity index (χ3v) is 3.41. The van der Waals surface area contributed by atoms with E-state index in [0.717, 1.165) is 30.9 Å². The second-order valence-corrected chi connectivity index (χ2v) is 5.50. The van der Waals surface area contributed by atoms with E-state index in [1.165, 1.54) is 0 Å². The number of hydrogen-bond donors (Lipinski definition) is 1. The molecule has 1 aromatic heterocycles. The summed E-state index contributed by atoms with van der Waals surface area (Å²) in [5, 5.41) is 4.47. The smallest absolute Gasteiger partial charge is 0.139 e. The van der Waals surface area contributed by atoms with Gasteiger partial charge in [-0.3, -0.25) is 4.98 Å². The number of aromatic nitrogens is 1. The first-order valence-corrected chi connectivity index (χ1v) is 7.68. The normalized spacial score (nSPS) is 10.6. The van der Waals surface area contributed by atoms with Crippen LogP contribution in [0.5, 0.6) is 5.75 Å². The Morgan fingerprint density at radius 2 is 1.95 bits per heavy atom. The quantitative estimate of drug-likeness (QED) is 0.763. The molecule has 0 saturated carbocycles. The molecular weight excluding hydrogens is 307 g/mol. The molecule has 0 amide bonds. The summed E-state index contributed by atoms with van der Waals surface area (Å²) in [7, 11) is 0. The third-order valence-electron chi connectivity index (χ3n) is 2.87. The molecule has 0 spiro atoms. The zero-order valence-corrected chi connectivity index (χ0v) is 13.4. The van der Waals surface area contributed by atoms with Gasteiger partial charge in [-0.15, -0.1) is 0 Å². The van der Waals surface area contributed by atoms with Gasteiger partial charge in [0, 0.05) is 17.6 Å². The van der Waals surface area contributed by atoms with Crippen molar-refractivity contribution < 1.29 is 4.74 Å². The molecule has 1 N–H and O–H groups in total. The fourth-order valence-corrected chi connectivity index (χ4v) is 2.18. The predicted octanol–water partition coefficient (Wildman–Crippen LogP) is 4.47. The first kappa shape index (κ1) is 16.1. The van der Waals surface area contributed by atoms with Crippen molar-refractivity contribution in [2.75, 3.05) is 6.54 Å². The molecule has 0 aliphatic carbocycles. The van der Waals surface area contributed by atoms with E-state index in [4.69, 9.17) is 27.9 Å². The van der Waals surface area contributed by atoms with Crippen LogP contribution in [0.4, 0.5) is 0 Å². The Kier molecular flexibility index (Phi) is 6.30. The van der Waals surface area contributed by atoms with Gasteiger partial charge in [0.1, 0.15) is 12.4 Å². The van der Waals surface area contributed by atoms with E-state index < -0.39 is 0 Å². The minimum Gasteiger partial charge on any atom is -0.486 e. The van der Waals surface area contributed by atoms with Crippen molar-refractivity contribution in [2.45, 2.75) is 26.5 Å². The highest BCUT2D eigenvalue weighted by Crippen LogP contribution is 2.28. The van der Waals surface area contributed by atoms with Gasteiger partial charge in [-0.1, -0.05) is 36.2 Å². The summed E-state index contributed by atoms with van der Waals surface area (Å²) in [5.74, 6) is 0.570. The average molecular weight is 325 g/mol. The largest absolute Gasteiger partial charge is 0.486 e. The Morgan fingerprint density at radius 1 is 1.14 bits per heavy atom. The predicted molar refractivity (Wildman–Crippen MR) is 87.0 cm³/mol. The number of nitrogens with one attached hydrogen (secondary N) is 1. The van der Waals surface area contributed by atoms with Crippen molar-refractivity contribution in [3.05, 3.63) is 57.8 Å². The van der Waals surface area contributed by atoms with Crippen molar-refractivity contribution in [1.29, 1.82) is 0 Å². The van der Waals surface area contributed by atoms with Crippen molar-refractivity contribution >= 4 is 23.2 Å². The molecule has 21 heavy (non-hydrogen) atoms. The van der Waals surface area contributed by atoms with Gasteiger partial charge in [0.05, 0.1) is 16.4 Å². The molecule has 0 aliphatic rings. The molecule has 0 aliphatic heterocycles. The van der Waals surface area contributed by atoms with Crippen LogP contribution >= 0.6 is 23.2 Å². The van der Waals surface area contributed by atoms with Gasteiger partial charge in [0.25, 0.3) is 0 Å². The molecule has 0 fully saturated rings. The zero-order valence-electron chi connectivity index (χ0n) is 11.9. The highest BCUT2D eigenvalue weighted by molar-refractivity contribution is 6.34. The lowest BCUT2D eigenvalue weighted by molar-refractivity contribution is 0.301. The Morgan fingerprint density at radius 3 is 2.76 bits per heavy atom. The second kappa shape index (κ2) is 8.23.